The van der Waals surface area contributed by atoms with Crippen LogP contribution in [0.2, 0.25) is 5.02 Å². The maximum atomic E-state index is 12.8. The fourth-order valence-corrected chi connectivity index (χ4v) is 5.08. The first-order valence-electron chi connectivity index (χ1n) is 9.97. The molecule has 5 nitrogen and oxygen atoms in total. The van der Waals surface area contributed by atoms with Gasteiger partial charge in [0, 0.05) is 29.7 Å². The van der Waals surface area contributed by atoms with E-state index in [4.69, 9.17) is 11.6 Å². The van der Waals surface area contributed by atoms with E-state index in [1.165, 1.54) is 22.0 Å². The Hall–Kier alpha value is -1.89. The number of nitrogens with zero attached hydrogens (tertiary/aromatic N) is 1. The van der Waals surface area contributed by atoms with Crippen molar-refractivity contribution in [3.05, 3.63) is 59.1 Å². The SMILES string of the molecule is CC[C@H](C)c1ccc(NC(=O)C2CCN(S(=O)(=O)c3ccc(Cl)cc3)CC2)cc1. The summed E-state index contributed by atoms with van der Waals surface area (Å²) in [7, 11) is -3.56. The van der Waals surface area contributed by atoms with Crippen LogP contribution in [0.15, 0.2) is 53.4 Å². The van der Waals surface area contributed by atoms with Crippen LogP contribution < -0.4 is 5.32 Å². The molecule has 1 fully saturated rings. The summed E-state index contributed by atoms with van der Waals surface area (Å²) in [5, 5.41) is 3.46. The van der Waals surface area contributed by atoms with Gasteiger partial charge in [0.1, 0.15) is 0 Å². The van der Waals surface area contributed by atoms with Gasteiger partial charge in [0.2, 0.25) is 15.9 Å². The zero-order chi connectivity index (χ0) is 21.0. The average molecular weight is 435 g/mol. The number of hydrogen-bond acceptors (Lipinski definition) is 3. The molecule has 3 rings (SSSR count). The van der Waals surface area contributed by atoms with Gasteiger partial charge in [0.05, 0.1) is 4.90 Å². The molecule has 2 aromatic carbocycles. The van der Waals surface area contributed by atoms with E-state index in [0.29, 0.717) is 36.9 Å². The predicted octanol–water partition coefficient (Wildman–Crippen LogP) is 4.89. The van der Waals surface area contributed by atoms with Crippen LogP contribution in [0.25, 0.3) is 0 Å². The Morgan fingerprint density at radius 3 is 2.24 bits per heavy atom. The number of halogens is 1. The van der Waals surface area contributed by atoms with Gasteiger partial charge in [-0.3, -0.25) is 4.79 Å². The molecule has 1 saturated heterocycles. The first kappa shape index (κ1) is 21.8. The predicted molar refractivity (Wildman–Crippen MR) is 117 cm³/mol. The Morgan fingerprint density at radius 2 is 1.69 bits per heavy atom. The summed E-state index contributed by atoms with van der Waals surface area (Å²) in [4.78, 5) is 12.8. The van der Waals surface area contributed by atoms with Crippen LogP contribution >= 0.6 is 11.6 Å². The summed E-state index contributed by atoms with van der Waals surface area (Å²) in [6.45, 7) is 4.99. The molecule has 0 unspecified atom stereocenters. The number of carbonyl (C=O) groups is 1. The largest absolute Gasteiger partial charge is 0.326 e. The van der Waals surface area contributed by atoms with Gasteiger partial charge < -0.3 is 5.32 Å². The molecule has 0 radical (unpaired) electrons. The van der Waals surface area contributed by atoms with E-state index in [1.807, 2.05) is 24.3 Å². The number of piperidine rings is 1. The topological polar surface area (TPSA) is 66.5 Å². The number of amides is 1. The molecular formula is C22H27ClN2O3S. The van der Waals surface area contributed by atoms with Crippen molar-refractivity contribution in [2.24, 2.45) is 5.92 Å². The van der Waals surface area contributed by atoms with E-state index in [1.54, 1.807) is 12.1 Å². The highest BCUT2D eigenvalue weighted by molar-refractivity contribution is 7.89. The summed E-state index contributed by atoms with van der Waals surface area (Å²) in [6, 6.07) is 14.1. The van der Waals surface area contributed by atoms with Crippen molar-refractivity contribution in [3.63, 3.8) is 0 Å². The Labute approximate surface area is 178 Å². The second-order valence-electron chi connectivity index (χ2n) is 7.55. The minimum absolute atomic E-state index is 0.0511. The third-order valence-corrected chi connectivity index (χ3v) is 7.80. The highest BCUT2D eigenvalue weighted by Crippen LogP contribution is 2.26. The van der Waals surface area contributed by atoms with E-state index in [-0.39, 0.29) is 16.7 Å². The molecule has 0 saturated carbocycles. The van der Waals surface area contributed by atoms with E-state index in [0.717, 1.165) is 12.1 Å². The molecule has 0 aliphatic carbocycles. The lowest BCUT2D eigenvalue weighted by molar-refractivity contribution is -0.120. The zero-order valence-electron chi connectivity index (χ0n) is 16.8. The molecule has 1 N–H and O–H groups in total. The van der Waals surface area contributed by atoms with Gasteiger partial charge in [-0.25, -0.2) is 8.42 Å². The summed E-state index contributed by atoms with van der Waals surface area (Å²) in [6.07, 6.45) is 2.08. The third-order valence-electron chi connectivity index (χ3n) is 5.64. The Kier molecular flexibility index (Phi) is 6.98. The van der Waals surface area contributed by atoms with E-state index >= 15 is 0 Å². The second kappa shape index (κ2) is 9.28. The van der Waals surface area contributed by atoms with Crippen LogP contribution in [-0.4, -0.2) is 31.7 Å². The Bertz CT molecular complexity index is 935. The number of rotatable bonds is 6. The Morgan fingerprint density at radius 1 is 1.10 bits per heavy atom. The molecule has 1 heterocycles. The van der Waals surface area contributed by atoms with Gasteiger partial charge in [-0.15, -0.1) is 0 Å². The normalized spacial score (nSPS) is 17.1. The monoisotopic (exact) mass is 434 g/mol. The molecule has 29 heavy (non-hydrogen) atoms. The van der Waals surface area contributed by atoms with E-state index < -0.39 is 10.0 Å². The standard InChI is InChI=1S/C22H27ClN2O3S/c1-3-16(2)17-4-8-20(9-5-17)24-22(26)18-12-14-25(15-13-18)29(27,28)21-10-6-19(23)7-11-21/h4-11,16,18H,3,12-15H2,1-2H3,(H,24,26)/t16-/m0/s1. The van der Waals surface area contributed by atoms with Gasteiger partial charge in [-0.1, -0.05) is 37.6 Å². The molecule has 1 amide bonds. The van der Waals surface area contributed by atoms with Gasteiger partial charge in [-0.05, 0) is 67.1 Å². The second-order valence-corrected chi connectivity index (χ2v) is 9.93. The minimum Gasteiger partial charge on any atom is -0.326 e. The van der Waals surface area contributed by atoms with Crippen molar-refractivity contribution in [1.29, 1.82) is 0 Å². The summed E-state index contributed by atoms with van der Waals surface area (Å²) < 4.78 is 27.0. The fraction of sp³-hybridized carbons (Fsp3) is 0.409. The van der Waals surface area contributed by atoms with Crippen molar-refractivity contribution < 1.29 is 13.2 Å². The van der Waals surface area contributed by atoms with Gasteiger partial charge in [-0.2, -0.15) is 4.31 Å². The highest BCUT2D eigenvalue weighted by atomic mass is 35.5. The van der Waals surface area contributed by atoms with Crippen molar-refractivity contribution in [2.75, 3.05) is 18.4 Å². The molecule has 0 spiro atoms. The van der Waals surface area contributed by atoms with Gasteiger partial charge in [0.15, 0.2) is 0 Å². The average Bonchev–Trinajstić information content (AvgIpc) is 2.74. The van der Waals surface area contributed by atoms with Crippen LogP contribution in [0.3, 0.4) is 0 Å². The first-order valence-corrected chi connectivity index (χ1v) is 11.8. The van der Waals surface area contributed by atoms with Crippen LogP contribution in [0, 0.1) is 5.92 Å². The highest BCUT2D eigenvalue weighted by Gasteiger charge is 2.32. The lowest BCUT2D eigenvalue weighted by Gasteiger charge is -2.30. The molecule has 0 aromatic heterocycles. The fourth-order valence-electron chi connectivity index (χ4n) is 3.49. The number of anilines is 1. The molecule has 0 bridgehead atoms. The summed E-state index contributed by atoms with van der Waals surface area (Å²) in [5.41, 5.74) is 2.03. The minimum atomic E-state index is -3.56. The number of hydrogen-bond donors (Lipinski definition) is 1. The number of benzene rings is 2. The van der Waals surface area contributed by atoms with Crippen LogP contribution in [0.5, 0.6) is 0 Å². The van der Waals surface area contributed by atoms with Crippen LogP contribution in [0.4, 0.5) is 5.69 Å². The number of sulfonamides is 1. The molecule has 156 valence electrons. The lowest BCUT2D eigenvalue weighted by atomic mass is 9.96. The molecular weight excluding hydrogens is 408 g/mol. The Balaban J connectivity index is 1.57. The molecule has 1 aliphatic heterocycles. The van der Waals surface area contributed by atoms with E-state index in [9.17, 15) is 13.2 Å². The number of carbonyl (C=O) groups excluding carboxylic acids is 1. The summed E-state index contributed by atoms with van der Waals surface area (Å²) >= 11 is 5.85. The quantitative estimate of drug-likeness (QED) is 0.703. The maximum absolute atomic E-state index is 12.8. The summed E-state index contributed by atoms with van der Waals surface area (Å²) in [5.74, 6) is 0.248. The van der Waals surface area contributed by atoms with Crippen molar-refractivity contribution in [2.45, 2.75) is 43.9 Å². The molecule has 2 aromatic rings. The van der Waals surface area contributed by atoms with Gasteiger partial charge >= 0.3 is 0 Å². The first-order chi connectivity index (χ1) is 13.8. The molecule has 1 aliphatic rings. The lowest BCUT2D eigenvalue weighted by Crippen LogP contribution is -2.41. The number of nitrogens with one attached hydrogen (secondary N) is 1. The van der Waals surface area contributed by atoms with Crippen LogP contribution in [-0.2, 0) is 14.8 Å². The third kappa shape index (κ3) is 5.18. The van der Waals surface area contributed by atoms with E-state index in [2.05, 4.69) is 19.2 Å². The van der Waals surface area contributed by atoms with Crippen molar-refractivity contribution in [3.8, 4) is 0 Å². The molecule has 1 atom stereocenters. The maximum Gasteiger partial charge on any atom is 0.243 e. The molecule has 7 heteroatoms. The smallest absolute Gasteiger partial charge is 0.243 e. The van der Waals surface area contributed by atoms with Crippen LogP contribution in [0.1, 0.15) is 44.6 Å². The van der Waals surface area contributed by atoms with Crippen molar-refractivity contribution in [1.82, 2.24) is 4.31 Å². The van der Waals surface area contributed by atoms with Crippen molar-refractivity contribution >= 4 is 33.2 Å². The zero-order valence-corrected chi connectivity index (χ0v) is 18.3. The van der Waals surface area contributed by atoms with Gasteiger partial charge in [0.25, 0.3) is 0 Å².